The molecule has 138 valence electrons. The van der Waals surface area contributed by atoms with E-state index in [0.717, 1.165) is 34.7 Å². The minimum atomic E-state index is -0.0417. The second-order valence-electron chi connectivity index (χ2n) is 6.36. The molecule has 1 atom stereocenters. The maximum absolute atomic E-state index is 12.6. The van der Waals surface area contributed by atoms with Crippen LogP contribution in [0.1, 0.15) is 29.2 Å². The molecule has 5 nitrogen and oxygen atoms in total. The highest BCUT2D eigenvalue weighted by molar-refractivity contribution is 7.07. The SMILES string of the molecule is O=C(C[C@H](c1ccccc1)c1ccc2c(c1)OCO2)NCCc1cscn1. The number of rotatable bonds is 7. The summed E-state index contributed by atoms with van der Waals surface area (Å²) in [7, 11) is 0. The van der Waals surface area contributed by atoms with Crippen molar-refractivity contribution in [1.82, 2.24) is 10.3 Å². The first-order valence-electron chi connectivity index (χ1n) is 8.88. The van der Waals surface area contributed by atoms with Crippen LogP contribution in [0.4, 0.5) is 0 Å². The van der Waals surface area contributed by atoms with E-state index in [-0.39, 0.29) is 18.6 Å². The molecule has 0 bridgehead atoms. The second kappa shape index (κ2) is 8.22. The Morgan fingerprint density at radius 2 is 1.96 bits per heavy atom. The van der Waals surface area contributed by atoms with Crippen molar-refractivity contribution in [1.29, 1.82) is 0 Å². The van der Waals surface area contributed by atoms with Crippen molar-refractivity contribution in [2.45, 2.75) is 18.8 Å². The van der Waals surface area contributed by atoms with Gasteiger partial charge < -0.3 is 14.8 Å². The summed E-state index contributed by atoms with van der Waals surface area (Å²) in [5.41, 5.74) is 4.96. The Hall–Kier alpha value is -2.86. The molecule has 1 aromatic heterocycles. The van der Waals surface area contributed by atoms with Crippen LogP contribution in [-0.2, 0) is 11.2 Å². The van der Waals surface area contributed by atoms with Gasteiger partial charge in [0.25, 0.3) is 0 Å². The molecule has 1 N–H and O–H groups in total. The molecule has 0 spiro atoms. The van der Waals surface area contributed by atoms with E-state index in [1.54, 1.807) is 11.3 Å². The molecule has 0 fully saturated rings. The smallest absolute Gasteiger partial charge is 0.231 e. The Balaban J connectivity index is 1.47. The first-order chi connectivity index (χ1) is 13.3. The molecule has 1 aliphatic heterocycles. The Labute approximate surface area is 162 Å². The van der Waals surface area contributed by atoms with E-state index in [1.165, 1.54) is 0 Å². The Kier molecular flexibility index (Phi) is 5.34. The van der Waals surface area contributed by atoms with Crippen LogP contribution in [0.5, 0.6) is 11.5 Å². The zero-order valence-electron chi connectivity index (χ0n) is 14.8. The van der Waals surface area contributed by atoms with Crippen LogP contribution in [0.25, 0.3) is 0 Å². The van der Waals surface area contributed by atoms with Crippen LogP contribution in [0.15, 0.2) is 59.4 Å². The molecular formula is C21H20N2O3S. The van der Waals surface area contributed by atoms with Gasteiger partial charge in [0.2, 0.25) is 12.7 Å². The van der Waals surface area contributed by atoms with Crippen LogP contribution in [0, 0.1) is 0 Å². The molecule has 1 aliphatic rings. The van der Waals surface area contributed by atoms with Gasteiger partial charge in [-0.3, -0.25) is 4.79 Å². The fourth-order valence-electron chi connectivity index (χ4n) is 3.19. The maximum atomic E-state index is 12.6. The lowest BCUT2D eigenvalue weighted by molar-refractivity contribution is -0.121. The highest BCUT2D eigenvalue weighted by Gasteiger charge is 2.21. The number of benzene rings is 2. The van der Waals surface area contributed by atoms with Crippen LogP contribution in [0.3, 0.4) is 0 Å². The molecule has 1 amide bonds. The molecular weight excluding hydrogens is 360 g/mol. The molecule has 6 heteroatoms. The third kappa shape index (κ3) is 4.28. The molecule has 2 aromatic carbocycles. The Morgan fingerprint density at radius 1 is 1.11 bits per heavy atom. The third-order valence-corrected chi connectivity index (χ3v) is 5.21. The largest absolute Gasteiger partial charge is 0.454 e. The van der Waals surface area contributed by atoms with Gasteiger partial charge in [0.1, 0.15) is 0 Å². The number of aromatic nitrogens is 1. The van der Waals surface area contributed by atoms with E-state index in [9.17, 15) is 4.79 Å². The van der Waals surface area contributed by atoms with Gasteiger partial charge in [0.15, 0.2) is 11.5 Å². The van der Waals surface area contributed by atoms with Crippen molar-refractivity contribution >= 4 is 17.2 Å². The Morgan fingerprint density at radius 3 is 2.78 bits per heavy atom. The van der Waals surface area contributed by atoms with Crippen LogP contribution in [-0.4, -0.2) is 24.2 Å². The topological polar surface area (TPSA) is 60.5 Å². The molecule has 3 aromatic rings. The highest BCUT2D eigenvalue weighted by atomic mass is 32.1. The average molecular weight is 380 g/mol. The standard InChI is InChI=1S/C21H20N2O3S/c24-21(22-9-8-17-12-27-13-23-17)11-18(15-4-2-1-3-5-15)16-6-7-19-20(10-16)26-14-25-19/h1-7,10,12-13,18H,8-9,11,14H2,(H,22,24)/t18-/m1/s1. The van der Waals surface area contributed by atoms with Gasteiger partial charge in [0, 0.05) is 30.7 Å². The van der Waals surface area contributed by atoms with Gasteiger partial charge in [-0.2, -0.15) is 0 Å². The number of nitrogens with one attached hydrogen (secondary N) is 1. The quantitative estimate of drug-likeness (QED) is 0.678. The normalized spacial score (nSPS) is 13.3. The monoisotopic (exact) mass is 380 g/mol. The van der Waals surface area contributed by atoms with Crippen molar-refractivity contribution in [2.75, 3.05) is 13.3 Å². The van der Waals surface area contributed by atoms with E-state index in [4.69, 9.17) is 9.47 Å². The van der Waals surface area contributed by atoms with Crippen LogP contribution < -0.4 is 14.8 Å². The second-order valence-corrected chi connectivity index (χ2v) is 7.08. The molecule has 2 heterocycles. The van der Waals surface area contributed by atoms with Gasteiger partial charge >= 0.3 is 0 Å². The molecule has 0 radical (unpaired) electrons. The first kappa shape index (κ1) is 17.5. The van der Waals surface area contributed by atoms with Crippen molar-refractivity contribution in [2.24, 2.45) is 0 Å². The van der Waals surface area contributed by atoms with Gasteiger partial charge in [-0.15, -0.1) is 11.3 Å². The minimum Gasteiger partial charge on any atom is -0.454 e. The minimum absolute atomic E-state index is 0.0248. The zero-order chi connectivity index (χ0) is 18.5. The number of hydrogen-bond acceptors (Lipinski definition) is 5. The summed E-state index contributed by atoms with van der Waals surface area (Å²) in [5.74, 6) is 1.47. The summed E-state index contributed by atoms with van der Waals surface area (Å²) < 4.78 is 10.9. The number of fused-ring (bicyclic) bond motifs is 1. The summed E-state index contributed by atoms with van der Waals surface area (Å²) >= 11 is 1.57. The number of thiazole rings is 1. The van der Waals surface area contributed by atoms with E-state index >= 15 is 0 Å². The van der Waals surface area contributed by atoms with Gasteiger partial charge in [-0.05, 0) is 23.3 Å². The lowest BCUT2D eigenvalue weighted by Crippen LogP contribution is -2.27. The van der Waals surface area contributed by atoms with Crippen molar-refractivity contribution in [3.63, 3.8) is 0 Å². The van der Waals surface area contributed by atoms with Gasteiger partial charge in [0.05, 0.1) is 11.2 Å². The summed E-state index contributed by atoms with van der Waals surface area (Å²) in [6.45, 7) is 0.830. The molecule has 0 unspecified atom stereocenters. The van der Waals surface area contributed by atoms with Crippen LogP contribution >= 0.6 is 11.3 Å². The number of hydrogen-bond donors (Lipinski definition) is 1. The van der Waals surface area contributed by atoms with Crippen molar-refractivity contribution in [3.05, 3.63) is 76.2 Å². The summed E-state index contributed by atoms with van der Waals surface area (Å²) in [6.07, 6.45) is 1.12. The number of nitrogens with zero attached hydrogens (tertiary/aromatic N) is 1. The fourth-order valence-corrected chi connectivity index (χ4v) is 3.78. The van der Waals surface area contributed by atoms with Gasteiger partial charge in [-0.25, -0.2) is 4.98 Å². The number of amides is 1. The third-order valence-electron chi connectivity index (χ3n) is 4.58. The number of ether oxygens (including phenoxy) is 2. The molecule has 0 saturated carbocycles. The molecule has 0 aliphatic carbocycles. The van der Waals surface area contributed by atoms with Crippen LogP contribution in [0.2, 0.25) is 0 Å². The van der Waals surface area contributed by atoms with Gasteiger partial charge in [-0.1, -0.05) is 36.4 Å². The zero-order valence-corrected chi connectivity index (χ0v) is 15.6. The average Bonchev–Trinajstić information content (AvgIpc) is 3.38. The summed E-state index contributed by atoms with van der Waals surface area (Å²) in [4.78, 5) is 16.8. The first-order valence-corrected chi connectivity index (χ1v) is 9.82. The van der Waals surface area contributed by atoms with E-state index in [1.807, 2.05) is 47.3 Å². The van der Waals surface area contributed by atoms with E-state index in [2.05, 4.69) is 22.4 Å². The van der Waals surface area contributed by atoms with Crippen molar-refractivity contribution < 1.29 is 14.3 Å². The van der Waals surface area contributed by atoms with Crippen molar-refractivity contribution in [3.8, 4) is 11.5 Å². The molecule has 4 rings (SSSR count). The summed E-state index contributed by atoms with van der Waals surface area (Å²) in [5, 5.41) is 5.02. The molecule has 0 saturated heterocycles. The van der Waals surface area contributed by atoms with E-state index < -0.39 is 0 Å². The number of carbonyl (C=O) groups excluding carboxylic acids is 1. The lowest BCUT2D eigenvalue weighted by atomic mass is 9.88. The summed E-state index contributed by atoms with van der Waals surface area (Å²) in [6, 6.07) is 16.0. The lowest BCUT2D eigenvalue weighted by Gasteiger charge is -2.18. The highest BCUT2D eigenvalue weighted by Crippen LogP contribution is 2.37. The molecule has 27 heavy (non-hydrogen) atoms. The Bertz CT molecular complexity index is 897. The maximum Gasteiger partial charge on any atom is 0.231 e. The predicted octanol–water partition coefficient (Wildman–Crippen LogP) is 3.75. The number of carbonyl (C=O) groups is 1. The van der Waals surface area contributed by atoms with E-state index in [0.29, 0.717) is 13.0 Å². The predicted molar refractivity (Wildman–Crippen MR) is 104 cm³/mol. The fraction of sp³-hybridized carbons (Fsp3) is 0.238.